The quantitative estimate of drug-likeness (QED) is 0.454. The van der Waals surface area contributed by atoms with Gasteiger partial charge in [0, 0.05) is 41.3 Å². The lowest BCUT2D eigenvalue weighted by molar-refractivity contribution is -0.120. The molecule has 0 atom stereocenters. The highest BCUT2D eigenvalue weighted by Gasteiger charge is 2.32. The van der Waals surface area contributed by atoms with Crippen molar-refractivity contribution in [2.45, 2.75) is 69.6 Å². The number of sulfonamides is 1. The molecular formula is C28H35N3O3S. The number of benzene rings is 2. The van der Waals surface area contributed by atoms with Crippen LogP contribution in [0.4, 0.5) is 5.69 Å². The Morgan fingerprint density at radius 3 is 2.43 bits per heavy atom. The minimum Gasteiger partial charge on any atom is -0.358 e. The highest BCUT2D eigenvalue weighted by molar-refractivity contribution is 7.89. The van der Waals surface area contributed by atoms with Gasteiger partial charge in [0.15, 0.2) is 0 Å². The Morgan fingerprint density at radius 1 is 1.00 bits per heavy atom. The summed E-state index contributed by atoms with van der Waals surface area (Å²) in [5, 5.41) is 4.05. The second-order valence-electron chi connectivity index (χ2n) is 10.3. The van der Waals surface area contributed by atoms with Crippen LogP contribution in [0.1, 0.15) is 68.7 Å². The van der Waals surface area contributed by atoms with Crippen molar-refractivity contribution in [3.05, 3.63) is 59.3 Å². The average Bonchev–Trinajstić information content (AvgIpc) is 3.03. The van der Waals surface area contributed by atoms with Crippen LogP contribution in [0.5, 0.6) is 0 Å². The van der Waals surface area contributed by atoms with Crippen molar-refractivity contribution in [3.63, 3.8) is 0 Å². The Bertz CT molecular complexity index is 1320. The van der Waals surface area contributed by atoms with E-state index in [1.54, 1.807) is 10.4 Å². The maximum atomic E-state index is 13.5. The first-order chi connectivity index (χ1) is 16.8. The number of aryl methyl sites for hydroxylation is 2. The van der Waals surface area contributed by atoms with Crippen molar-refractivity contribution >= 4 is 32.5 Å². The number of nitrogens with zero attached hydrogens (tertiary/aromatic N) is 1. The van der Waals surface area contributed by atoms with Crippen LogP contribution in [0.25, 0.3) is 10.9 Å². The molecule has 5 rings (SSSR count). The Morgan fingerprint density at radius 2 is 1.71 bits per heavy atom. The largest absolute Gasteiger partial charge is 0.358 e. The Labute approximate surface area is 208 Å². The number of nitrogens with one attached hydrogen (secondary N) is 2. The van der Waals surface area contributed by atoms with Crippen LogP contribution >= 0.6 is 0 Å². The predicted molar refractivity (Wildman–Crippen MR) is 140 cm³/mol. The van der Waals surface area contributed by atoms with E-state index in [0.717, 1.165) is 35.9 Å². The maximum absolute atomic E-state index is 13.5. The lowest BCUT2D eigenvalue weighted by Gasteiger charge is -2.30. The molecule has 1 saturated heterocycles. The molecule has 7 heteroatoms. The molecule has 6 nitrogen and oxygen atoms in total. The molecule has 35 heavy (non-hydrogen) atoms. The molecule has 3 aromatic rings. The van der Waals surface area contributed by atoms with Crippen molar-refractivity contribution < 1.29 is 13.2 Å². The molecule has 2 aliphatic rings. The minimum absolute atomic E-state index is 0.0317. The first kappa shape index (κ1) is 24.1. The number of carbonyl (C=O) groups is 1. The van der Waals surface area contributed by atoms with E-state index >= 15 is 0 Å². The highest BCUT2D eigenvalue weighted by atomic mass is 32.2. The standard InChI is InChI=1S/C28H35N3O3S/c1-19(2)20-8-10-22(11-9-20)29-28(32)21-14-16-31(17-15-21)35(33,34)23-12-13-27-25(18-23)24-6-4-3-5-7-26(24)30-27/h8-13,18-19,21,30H,3-7,14-17H2,1-2H3,(H,29,32). The smallest absolute Gasteiger partial charge is 0.243 e. The summed E-state index contributed by atoms with van der Waals surface area (Å²) in [4.78, 5) is 16.7. The van der Waals surface area contributed by atoms with Crippen LogP contribution in [0, 0.1) is 5.92 Å². The molecule has 0 unspecified atom stereocenters. The molecule has 0 bridgehead atoms. The van der Waals surface area contributed by atoms with E-state index in [2.05, 4.69) is 24.1 Å². The van der Waals surface area contributed by atoms with Crippen LogP contribution < -0.4 is 5.32 Å². The van der Waals surface area contributed by atoms with Crippen LogP contribution in [0.2, 0.25) is 0 Å². The summed E-state index contributed by atoms with van der Waals surface area (Å²) in [7, 11) is -3.60. The summed E-state index contributed by atoms with van der Waals surface area (Å²) in [6.45, 7) is 4.99. The molecule has 0 radical (unpaired) electrons. The van der Waals surface area contributed by atoms with Gasteiger partial charge in [0.2, 0.25) is 15.9 Å². The minimum atomic E-state index is -3.60. The first-order valence-electron chi connectivity index (χ1n) is 12.9. The zero-order valence-electron chi connectivity index (χ0n) is 20.6. The number of anilines is 1. The summed E-state index contributed by atoms with van der Waals surface area (Å²) in [5.41, 5.74) is 5.58. The summed E-state index contributed by atoms with van der Waals surface area (Å²) in [6, 6.07) is 13.4. The predicted octanol–water partition coefficient (Wildman–Crippen LogP) is 5.60. The molecule has 1 aliphatic carbocycles. The molecule has 2 aromatic carbocycles. The van der Waals surface area contributed by atoms with Crippen molar-refractivity contribution in [1.82, 2.24) is 9.29 Å². The summed E-state index contributed by atoms with van der Waals surface area (Å²) in [6.07, 6.45) is 6.62. The van der Waals surface area contributed by atoms with E-state index in [0.29, 0.717) is 36.7 Å². The molecule has 2 heterocycles. The molecule has 2 N–H and O–H groups in total. The number of fused-ring (bicyclic) bond motifs is 3. The van der Waals surface area contributed by atoms with Crippen LogP contribution in [0.15, 0.2) is 47.4 Å². The molecule has 0 saturated carbocycles. The van der Waals surface area contributed by atoms with Gasteiger partial charge >= 0.3 is 0 Å². The van der Waals surface area contributed by atoms with E-state index < -0.39 is 10.0 Å². The number of piperidine rings is 1. The van der Waals surface area contributed by atoms with Gasteiger partial charge in [0.1, 0.15) is 0 Å². The number of aromatic nitrogens is 1. The fourth-order valence-corrected chi connectivity index (χ4v) is 6.92. The molecule has 0 spiro atoms. The van der Waals surface area contributed by atoms with Crippen LogP contribution in [-0.2, 0) is 27.7 Å². The second-order valence-corrected chi connectivity index (χ2v) is 12.2. The number of carbonyl (C=O) groups excluding carboxylic acids is 1. The average molecular weight is 494 g/mol. The number of aromatic amines is 1. The van der Waals surface area contributed by atoms with Crippen molar-refractivity contribution in [2.75, 3.05) is 18.4 Å². The van der Waals surface area contributed by atoms with Gasteiger partial charge in [-0.15, -0.1) is 0 Å². The van der Waals surface area contributed by atoms with Crippen molar-refractivity contribution in [3.8, 4) is 0 Å². The summed E-state index contributed by atoms with van der Waals surface area (Å²) in [5.74, 6) is 0.226. The lowest BCUT2D eigenvalue weighted by atomic mass is 9.97. The van der Waals surface area contributed by atoms with Gasteiger partial charge in [-0.05, 0) is 85.9 Å². The lowest BCUT2D eigenvalue weighted by Crippen LogP contribution is -2.41. The topological polar surface area (TPSA) is 82.3 Å². The van der Waals surface area contributed by atoms with Gasteiger partial charge in [0.25, 0.3) is 0 Å². The van der Waals surface area contributed by atoms with Crippen molar-refractivity contribution in [1.29, 1.82) is 0 Å². The fraction of sp³-hybridized carbons (Fsp3) is 0.464. The van der Waals surface area contributed by atoms with Gasteiger partial charge < -0.3 is 10.3 Å². The number of H-pyrrole nitrogens is 1. The van der Waals surface area contributed by atoms with Gasteiger partial charge in [-0.2, -0.15) is 4.31 Å². The van der Waals surface area contributed by atoms with Gasteiger partial charge in [-0.3, -0.25) is 4.79 Å². The molecule has 1 amide bonds. The Hall–Kier alpha value is -2.64. The number of amides is 1. The van der Waals surface area contributed by atoms with Crippen LogP contribution in [-0.4, -0.2) is 36.7 Å². The van der Waals surface area contributed by atoms with Gasteiger partial charge in [-0.25, -0.2) is 8.42 Å². The molecule has 186 valence electrons. The number of hydrogen-bond donors (Lipinski definition) is 2. The highest BCUT2D eigenvalue weighted by Crippen LogP contribution is 2.32. The zero-order chi connectivity index (χ0) is 24.6. The first-order valence-corrected chi connectivity index (χ1v) is 14.3. The van der Waals surface area contributed by atoms with Gasteiger partial charge in [0.05, 0.1) is 4.90 Å². The molecular weight excluding hydrogens is 458 g/mol. The van der Waals surface area contributed by atoms with Crippen LogP contribution in [0.3, 0.4) is 0 Å². The number of hydrogen-bond acceptors (Lipinski definition) is 3. The summed E-state index contributed by atoms with van der Waals surface area (Å²) < 4.78 is 28.5. The van der Waals surface area contributed by atoms with E-state index in [4.69, 9.17) is 0 Å². The third-order valence-corrected chi connectivity index (χ3v) is 9.52. The Balaban J connectivity index is 1.26. The van der Waals surface area contributed by atoms with E-state index in [1.165, 1.54) is 29.7 Å². The zero-order valence-corrected chi connectivity index (χ0v) is 21.5. The van der Waals surface area contributed by atoms with Crippen molar-refractivity contribution in [2.24, 2.45) is 5.92 Å². The number of rotatable bonds is 5. The SMILES string of the molecule is CC(C)c1ccc(NC(=O)C2CCN(S(=O)(=O)c3ccc4[nH]c5c(c4c3)CCCCC5)CC2)cc1. The van der Waals surface area contributed by atoms with E-state index in [1.807, 2.05) is 36.4 Å². The normalized spacial score (nSPS) is 17.9. The third kappa shape index (κ3) is 4.89. The van der Waals surface area contributed by atoms with E-state index in [9.17, 15) is 13.2 Å². The monoisotopic (exact) mass is 493 g/mol. The van der Waals surface area contributed by atoms with Gasteiger partial charge in [-0.1, -0.05) is 32.4 Å². The molecule has 1 aliphatic heterocycles. The fourth-order valence-electron chi connectivity index (χ4n) is 5.43. The molecule has 1 fully saturated rings. The summed E-state index contributed by atoms with van der Waals surface area (Å²) >= 11 is 0. The Kier molecular flexibility index (Phi) is 6.73. The third-order valence-electron chi connectivity index (χ3n) is 7.63. The van der Waals surface area contributed by atoms with E-state index in [-0.39, 0.29) is 11.8 Å². The molecule has 1 aromatic heterocycles. The maximum Gasteiger partial charge on any atom is 0.243 e. The second kappa shape index (κ2) is 9.78.